The van der Waals surface area contributed by atoms with Crippen LogP contribution in [-0.2, 0) is 0 Å². The molecule has 0 aliphatic heterocycles. The summed E-state index contributed by atoms with van der Waals surface area (Å²) in [5.74, 6) is 0.651. The van der Waals surface area contributed by atoms with Crippen molar-refractivity contribution in [2.45, 2.75) is 27.2 Å². The molecule has 0 spiro atoms. The minimum Gasteiger partial charge on any atom is -0.0727 e. The molecule has 0 amide bonds. The van der Waals surface area contributed by atoms with E-state index < -0.39 is 0 Å². The van der Waals surface area contributed by atoms with E-state index >= 15 is 0 Å². The molecule has 0 heterocycles. The van der Waals surface area contributed by atoms with Crippen LogP contribution >= 0.6 is 0 Å². The van der Waals surface area contributed by atoms with E-state index in [2.05, 4.69) is 57.2 Å². The zero-order valence-corrected chi connectivity index (χ0v) is 9.75. The second-order valence-electron chi connectivity index (χ2n) is 4.61. The molecule has 1 unspecified atom stereocenters. The Morgan fingerprint density at radius 2 is 1.67 bits per heavy atom. The highest BCUT2D eigenvalue weighted by atomic mass is 14.2. The van der Waals surface area contributed by atoms with E-state index in [0.717, 1.165) is 0 Å². The molecule has 78 valence electrons. The summed E-state index contributed by atoms with van der Waals surface area (Å²) in [5.41, 5.74) is 5.66. The number of rotatable bonds is 1. The van der Waals surface area contributed by atoms with E-state index in [0.29, 0.717) is 5.92 Å². The molecule has 0 heteroatoms. The van der Waals surface area contributed by atoms with Crippen LogP contribution in [0, 0.1) is 12.8 Å². The first-order valence-electron chi connectivity index (χ1n) is 5.61. The Morgan fingerprint density at radius 3 is 2.27 bits per heavy atom. The number of hydrogen-bond acceptors (Lipinski definition) is 0. The predicted molar refractivity (Wildman–Crippen MR) is 66.7 cm³/mol. The van der Waals surface area contributed by atoms with Gasteiger partial charge in [0.2, 0.25) is 0 Å². The molecular weight excluding hydrogens is 180 g/mol. The van der Waals surface area contributed by atoms with Gasteiger partial charge in [-0.25, -0.2) is 0 Å². The second kappa shape index (κ2) is 4.06. The third kappa shape index (κ3) is 2.20. The van der Waals surface area contributed by atoms with E-state index in [1.54, 1.807) is 0 Å². The first kappa shape index (κ1) is 10.2. The lowest BCUT2D eigenvalue weighted by molar-refractivity contribution is 0.728. The van der Waals surface area contributed by atoms with Gasteiger partial charge in [0.25, 0.3) is 0 Å². The highest BCUT2D eigenvalue weighted by Crippen LogP contribution is 2.31. The highest BCUT2D eigenvalue weighted by molar-refractivity contribution is 5.70. The Balaban J connectivity index is 2.35. The van der Waals surface area contributed by atoms with Crippen molar-refractivity contribution in [3.8, 4) is 0 Å². The molecule has 0 fully saturated rings. The zero-order chi connectivity index (χ0) is 10.8. The lowest BCUT2D eigenvalue weighted by atomic mass is 9.85. The Hall–Kier alpha value is -1.30. The van der Waals surface area contributed by atoms with Crippen LogP contribution in [0.1, 0.15) is 31.4 Å². The van der Waals surface area contributed by atoms with Gasteiger partial charge in [0.05, 0.1) is 0 Å². The largest absolute Gasteiger partial charge is 0.0727 e. The summed E-state index contributed by atoms with van der Waals surface area (Å²) in [5, 5.41) is 0. The number of benzene rings is 1. The van der Waals surface area contributed by atoms with Gasteiger partial charge in [0.1, 0.15) is 0 Å². The lowest BCUT2D eigenvalue weighted by Crippen LogP contribution is -2.03. The Kier molecular flexibility index (Phi) is 2.77. The molecule has 0 radical (unpaired) electrons. The molecule has 1 aromatic carbocycles. The van der Waals surface area contributed by atoms with E-state index in [1.807, 2.05) is 0 Å². The van der Waals surface area contributed by atoms with Crippen LogP contribution in [0.4, 0.5) is 0 Å². The van der Waals surface area contributed by atoms with Crippen LogP contribution in [0.25, 0.3) is 5.57 Å². The molecule has 0 aromatic heterocycles. The minimum atomic E-state index is 0.651. The van der Waals surface area contributed by atoms with Gasteiger partial charge in [-0.05, 0) is 37.3 Å². The fourth-order valence-electron chi connectivity index (χ4n) is 2.18. The summed E-state index contributed by atoms with van der Waals surface area (Å²) in [6.45, 7) is 6.65. The molecule has 1 aliphatic rings. The molecule has 1 aromatic rings. The number of aryl methyl sites for hydroxylation is 1. The van der Waals surface area contributed by atoms with Crippen LogP contribution in [0.3, 0.4) is 0 Å². The summed E-state index contributed by atoms with van der Waals surface area (Å²) in [7, 11) is 0. The standard InChI is InChI=1S/C15H18/c1-11-4-7-14(8-5-11)15-9-6-12(2)10-13(15)3/h4-9,13H,10H2,1-3H3. The summed E-state index contributed by atoms with van der Waals surface area (Å²) in [6.07, 6.45) is 5.71. The predicted octanol–water partition coefficient (Wildman–Crippen LogP) is 4.36. The topological polar surface area (TPSA) is 0 Å². The van der Waals surface area contributed by atoms with Gasteiger partial charge in [-0.3, -0.25) is 0 Å². The normalized spacial score (nSPS) is 20.9. The van der Waals surface area contributed by atoms with E-state index in [1.165, 1.54) is 28.7 Å². The Labute approximate surface area is 92.3 Å². The maximum Gasteiger partial charge on any atom is -0.0147 e. The van der Waals surface area contributed by atoms with E-state index in [4.69, 9.17) is 0 Å². The molecular formula is C15H18. The molecule has 0 nitrogen and oxygen atoms in total. The second-order valence-corrected chi connectivity index (χ2v) is 4.61. The molecule has 1 atom stereocenters. The fourth-order valence-corrected chi connectivity index (χ4v) is 2.18. The van der Waals surface area contributed by atoms with Gasteiger partial charge < -0.3 is 0 Å². The average Bonchev–Trinajstić information content (AvgIpc) is 2.20. The Bertz CT molecular complexity index is 404. The van der Waals surface area contributed by atoms with Crippen molar-refractivity contribution in [2.75, 3.05) is 0 Å². The molecule has 0 N–H and O–H groups in total. The molecule has 15 heavy (non-hydrogen) atoms. The molecule has 1 aliphatic carbocycles. The maximum absolute atomic E-state index is 2.31. The number of hydrogen-bond donors (Lipinski definition) is 0. The van der Waals surface area contributed by atoms with Crippen LogP contribution in [0.15, 0.2) is 42.0 Å². The monoisotopic (exact) mass is 198 g/mol. The van der Waals surface area contributed by atoms with Crippen molar-refractivity contribution in [2.24, 2.45) is 5.92 Å². The fraction of sp³-hybridized carbons (Fsp3) is 0.333. The first-order chi connectivity index (χ1) is 7.16. The van der Waals surface area contributed by atoms with Crippen LogP contribution in [-0.4, -0.2) is 0 Å². The summed E-state index contributed by atoms with van der Waals surface area (Å²) >= 11 is 0. The third-order valence-electron chi connectivity index (χ3n) is 3.09. The van der Waals surface area contributed by atoms with Gasteiger partial charge >= 0.3 is 0 Å². The average molecular weight is 198 g/mol. The summed E-state index contributed by atoms with van der Waals surface area (Å²) < 4.78 is 0. The van der Waals surface area contributed by atoms with Crippen molar-refractivity contribution in [1.82, 2.24) is 0 Å². The first-order valence-corrected chi connectivity index (χ1v) is 5.61. The zero-order valence-electron chi connectivity index (χ0n) is 9.75. The quantitative estimate of drug-likeness (QED) is 0.628. The van der Waals surface area contributed by atoms with Crippen molar-refractivity contribution >= 4 is 5.57 Å². The van der Waals surface area contributed by atoms with Crippen LogP contribution in [0.5, 0.6) is 0 Å². The molecule has 0 saturated carbocycles. The number of allylic oxidation sites excluding steroid dienone is 4. The molecule has 0 bridgehead atoms. The van der Waals surface area contributed by atoms with Gasteiger partial charge in [-0.1, -0.05) is 54.5 Å². The third-order valence-corrected chi connectivity index (χ3v) is 3.09. The van der Waals surface area contributed by atoms with Crippen molar-refractivity contribution in [3.63, 3.8) is 0 Å². The lowest BCUT2D eigenvalue weighted by Gasteiger charge is -2.20. The SMILES string of the molecule is CC1=CC=C(c2ccc(C)cc2)C(C)C1. The molecule has 0 saturated heterocycles. The molecule has 2 rings (SSSR count). The van der Waals surface area contributed by atoms with Crippen LogP contribution in [0.2, 0.25) is 0 Å². The van der Waals surface area contributed by atoms with E-state index in [-0.39, 0.29) is 0 Å². The van der Waals surface area contributed by atoms with E-state index in [9.17, 15) is 0 Å². The van der Waals surface area contributed by atoms with Crippen molar-refractivity contribution in [1.29, 1.82) is 0 Å². The van der Waals surface area contributed by atoms with Gasteiger partial charge in [-0.15, -0.1) is 0 Å². The highest BCUT2D eigenvalue weighted by Gasteiger charge is 2.14. The Morgan fingerprint density at radius 1 is 1.00 bits per heavy atom. The maximum atomic E-state index is 2.31. The van der Waals surface area contributed by atoms with Crippen molar-refractivity contribution < 1.29 is 0 Å². The smallest absolute Gasteiger partial charge is 0.0147 e. The van der Waals surface area contributed by atoms with Crippen molar-refractivity contribution in [3.05, 3.63) is 53.1 Å². The van der Waals surface area contributed by atoms with Gasteiger partial charge in [0, 0.05) is 0 Å². The summed E-state index contributed by atoms with van der Waals surface area (Å²) in [4.78, 5) is 0. The van der Waals surface area contributed by atoms with Gasteiger partial charge in [-0.2, -0.15) is 0 Å². The van der Waals surface area contributed by atoms with Gasteiger partial charge in [0.15, 0.2) is 0 Å². The minimum absolute atomic E-state index is 0.651. The van der Waals surface area contributed by atoms with Crippen LogP contribution < -0.4 is 0 Å². The summed E-state index contributed by atoms with van der Waals surface area (Å²) in [6, 6.07) is 8.83.